The minimum atomic E-state index is -0.0624. The summed E-state index contributed by atoms with van der Waals surface area (Å²) in [6, 6.07) is 0. The van der Waals surface area contributed by atoms with Gasteiger partial charge < -0.3 is 4.74 Å². The van der Waals surface area contributed by atoms with Gasteiger partial charge in [0, 0.05) is 25.7 Å². The molecule has 1 aliphatic rings. The van der Waals surface area contributed by atoms with Crippen molar-refractivity contribution < 1.29 is 4.74 Å². The van der Waals surface area contributed by atoms with Crippen LogP contribution < -0.4 is 5.69 Å². The second kappa shape index (κ2) is 4.63. The first-order valence-corrected chi connectivity index (χ1v) is 6.07. The molecule has 1 aliphatic heterocycles. The zero-order valence-corrected chi connectivity index (χ0v) is 10.3. The molecule has 0 aliphatic carbocycles. The van der Waals surface area contributed by atoms with E-state index in [1.807, 2.05) is 0 Å². The molecule has 2 heterocycles. The molecule has 5 nitrogen and oxygen atoms in total. The molecular formula is C10H17N3O2S. The standard InChI is InChI=1S/C10H17N3O2S/c1-12-8-11-13(9(12)14)6-10(7-16)2-4-15-5-3-10/h8,16H,2-7H2,1H3. The molecule has 0 aromatic carbocycles. The van der Waals surface area contributed by atoms with Crippen LogP contribution in [0.15, 0.2) is 11.1 Å². The van der Waals surface area contributed by atoms with Gasteiger partial charge in [0.1, 0.15) is 6.33 Å². The maximum Gasteiger partial charge on any atom is 0.345 e. The number of aryl methyl sites for hydroxylation is 1. The highest BCUT2D eigenvalue weighted by Crippen LogP contribution is 2.32. The molecule has 0 saturated carbocycles. The molecule has 1 aromatic heterocycles. The summed E-state index contributed by atoms with van der Waals surface area (Å²) in [5.74, 6) is 0.763. The van der Waals surface area contributed by atoms with E-state index < -0.39 is 0 Å². The summed E-state index contributed by atoms with van der Waals surface area (Å²) in [6.07, 6.45) is 3.44. The van der Waals surface area contributed by atoms with Gasteiger partial charge in [0.05, 0.1) is 6.54 Å². The Kier molecular flexibility index (Phi) is 3.39. The third kappa shape index (κ3) is 2.17. The molecule has 0 atom stereocenters. The van der Waals surface area contributed by atoms with Gasteiger partial charge in [0.2, 0.25) is 0 Å². The van der Waals surface area contributed by atoms with Crippen molar-refractivity contribution in [1.82, 2.24) is 14.3 Å². The predicted molar refractivity (Wildman–Crippen MR) is 63.8 cm³/mol. The Morgan fingerprint density at radius 3 is 2.75 bits per heavy atom. The van der Waals surface area contributed by atoms with E-state index in [0.29, 0.717) is 6.54 Å². The molecule has 0 bridgehead atoms. The smallest absolute Gasteiger partial charge is 0.345 e. The minimum Gasteiger partial charge on any atom is -0.381 e. The first kappa shape index (κ1) is 11.7. The number of hydrogen-bond donors (Lipinski definition) is 1. The van der Waals surface area contributed by atoms with Crippen LogP contribution in [0, 0.1) is 5.41 Å². The molecule has 0 unspecified atom stereocenters. The maximum absolute atomic E-state index is 11.7. The lowest BCUT2D eigenvalue weighted by atomic mass is 9.82. The predicted octanol–water partition coefficient (Wildman–Crippen LogP) is 0.308. The number of nitrogens with zero attached hydrogens (tertiary/aromatic N) is 3. The first-order chi connectivity index (χ1) is 7.67. The highest BCUT2D eigenvalue weighted by molar-refractivity contribution is 7.80. The van der Waals surface area contributed by atoms with E-state index in [9.17, 15) is 4.79 Å². The summed E-state index contributed by atoms with van der Waals surface area (Å²) >= 11 is 4.42. The fourth-order valence-corrected chi connectivity index (χ4v) is 2.43. The lowest BCUT2D eigenvalue weighted by Gasteiger charge is -2.35. The van der Waals surface area contributed by atoms with Crippen LogP contribution in [0.25, 0.3) is 0 Å². The van der Waals surface area contributed by atoms with Crippen molar-refractivity contribution in [3.8, 4) is 0 Å². The molecule has 2 rings (SSSR count). The van der Waals surface area contributed by atoms with Crippen molar-refractivity contribution in [2.45, 2.75) is 19.4 Å². The van der Waals surface area contributed by atoms with Crippen LogP contribution in [-0.2, 0) is 18.3 Å². The summed E-state index contributed by atoms with van der Waals surface area (Å²) in [5.41, 5.74) is -0.00726. The Balaban J connectivity index is 2.18. The topological polar surface area (TPSA) is 49.0 Å². The molecule has 16 heavy (non-hydrogen) atoms. The van der Waals surface area contributed by atoms with Crippen molar-refractivity contribution in [3.63, 3.8) is 0 Å². The van der Waals surface area contributed by atoms with E-state index in [2.05, 4.69) is 17.7 Å². The minimum absolute atomic E-state index is 0.0551. The molecule has 0 amide bonds. The van der Waals surface area contributed by atoms with Crippen LogP contribution >= 0.6 is 12.6 Å². The van der Waals surface area contributed by atoms with E-state index in [-0.39, 0.29) is 11.1 Å². The Morgan fingerprint density at radius 1 is 1.56 bits per heavy atom. The van der Waals surface area contributed by atoms with Gasteiger partial charge >= 0.3 is 5.69 Å². The van der Waals surface area contributed by atoms with Gasteiger partial charge in [-0.1, -0.05) is 0 Å². The van der Waals surface area contributed by atoms with Gasteiger partial charge in [0.25, 0.3) is 0 Å². The van der Waals surface area contributed by atoms with Crippen molar-refractivity contribution in [3.05, 3.63) is 16.8 Å². The Labute approximate surface area is 99.8 Å². The van der Waals surface area contributed by atoms with Crippen LogP contribution in [0.5, 0.6) is 0 Å². The average Bonchev–Trinajstić information content (AvgIpc) is 2.62. The first-order valence-electron chi connectivity index (χ1n) is 5.44. The quantitative estimate of drug-likeness (QED) is 0.777. The normalized spacial score (nSPS) is 19.9. The van der Waals surface area contributed by atoms with Crippen molar-refractivity contribution in [2.75, 3.05) is 19.0 Å². The van der Waals surface area contributed by atoms with Crippen molar-refractivity contribution in [1.29, 1.82) is 0 Å². The van der Waals surface area contributed by atoms with E-state index in [0.717, 1.165) is 31.8 Å². The van der Waals surface area contributed by atoms with Gasteiger partial charge in [-0.05, 0) is 18.6 Å². The Morgan fingerprint density at radius 2 is 2.25 bits per heavy atom. The summed E-state index contributed by atoms with van der Waals surface area (Å²) in [6.45, 7) is 2.14. The SMILES string of the molecule is Cn1cnn(CC2(CS)CCOCC2)c1=O. The largest absolute Gasteiger partial charge is 0.381 e. The molecular weight excluding hydrogens is 226 g/mol. The van der Waals surface area contributed by atoms with Gasteiger partial charge in [-0.3, -0.25) is 4.57 Å². The van der Waals surface area contributed by atoms with Gasteiger partial charge in [0.15, 0.2) is 0 Å². The summed E-state index contributed by atoms with van der Waals surface area (Å²) in [5, 5.41) is 4.09. The molecule has 1 aromatic rings. The fraction of sp³-hybridized carbons (Fsp3) is 0.800. The molecule has 90 valence electrons. The van der Waals surface area contributed by atoms with Gasteiger partial charge in [-0.25, -0.2) is 9.48 Å². The zero-order valence-electron chi connectivity index (χ0n) is 9.43. The number of aromatic nitrogens is 3. The van der Waals surface area contributed by atoms with Gasteiger partial charge in [-0.15, -0.1) is 0 Å². The third-order valence-electron chi connectivity index (χ3n) is 3.26. The molecule has 1 saturated heterocycles. The lowest BCUT2D eigenvalue weighted by molar-refractivity contribution is 0.0160. The zero-order chi connectivity index (χ0) is 11.6. The lowest BCUT2D eigenvalue weighted by Crippen LogP contribution is -2.39. The van der Waals surface area contributed by atoms with Crippen LogP contribution in [0.1, 0.15) is 12.8 Å². The van der Waals surface area contributed by atoms with Crippen molar-refractivity contribution >= 4 is 12.6 Å². The molecule has 0 spiro atoms. The second-order valence-electron chi connectivity index (χ2n) is 4.45. The highest BCUT2D eigenvalue weighted by atomic mass is 32.1. The third-order valence-corrected chi connectivity index (χ3v) is 3.93. The molecule has 1 fully saturated rings. The summed E-state index contributed by atoms with van der Waals surface area (Å²) in [7, 11) is 1.71. The molecule has 0 radical (unpaired) electrons. The molecule has 0 N–H and O–H groups in total. The van der Waals surface area contributed by atoms with Crippen LogP contribution in [0.3, 0.4) is 0 Å². The van der Waals surface area contributed by atoms with Gasteiger partial charge in [-0.2, -0.15) is 17.7 Å². The number of thiol groups is 1. The number of hydrogen-bond acceptors (Lipinski definition) is 4. The maximum atomic E-state index is 11.7. The van der Waals surface area contributed by atoms with E-state index in [1.165, 1.54) is 9.25 Å². The van der Waals surface area contributed by atoms with Crippen LogP contribution in [0.2, 0.25) is 0 Å². The second-order valence-corrected chi connectivity index (χ2v) is 4.77. The average molecular weight is 243 g/mol. The Bertz CT molecular complexity index is 406. The Hall–Kier alpha value is -0.750. The number of ether oxygens (including phenoxy) is 1. The van der Waals surface area contributed by atoms with E-state index in [1.54, 1.807) is 13.4 Å². The fourth-order valence-electron chi connectivity index (χ4n) is 2.02. The molecule has 6 heteroatoms. The monoisotopic (exact) mass is 243 g/mol. The van der Waals surface area contributed by atoms with Crippen LogP contribution in [0.4, 0.5) is 0 Å². The van der Waals surface area contributed by atoms with E-state index in [4.69, 9.17) is 4.74 Å². The number of rotatable bonds is 3. The van der Waals surface area contributed by atoms with Crippen molar-refractivity contribution in [2.24, 2.45) is 12.5 Å². The van der Waals surface area contributed by atoms with Crippen LogP contribution in [-0.4, -0.2) is 33.3 Å². The summed E-state index contributed by atoms with van der Waals surface area (Å²) < 4.78 is 8.37. The summed E-state index contributed by atoms with van der Waals surface area (Å²) in [4.78, 5) is 11.7. The highest BCUT2D eigenvalue weighted by Gasteiger charge is 2.32. The van der Waals surface area contributed by atoms with E-state index >= 15 is 0 Å².